The topological polar surface area (TPSA) is 66.6 Å². The van der Waals surface area contributed by atoms with E-state index >= 15 is 0 Å². The standard InChI is InChI=1S/C14H26N2O2/c1-10-3-7-12(8-4-10)16(2)9-14(15,13(17)18)11-5-6-11/h10-12H,3-9,15H2,1-2H3,(H,17,18). The molecule has 2 aliphatic rings. The molecular weight excluding hydrogens is 228 g/mol. The largest absolute Gasteiger partial charge is 0.480 e. The second kappa shape index (κ2) is 5.17. The summed E-state index contributed by atoms with van der Waals surface area (Å²) in [6, 6.07) is 0.516. The van der Waals surface area contributed by atoms with E-state index in [4.69, 9.17) is 5.73 Å². The Kier molecular flexibility index (Phi) is 3.97. The summed E-state index contributed by atoms with van der Waals surface area (Å²) < 4.78 is 0. The Morgan fingerprint density at radius 1 is 1.28 bits per heavy atom. The van der Waals surface area contributed by atoms with Gasteiger partial charge in [-0.05, 0) is 57.4 Å². The first-order valence-corrected chi connectivity index (χ1v) is 7.16. The predicted molar refractivity (Wildman–Crippen MR) is 71.3 cm³/mol. The molecule has 0 amide bonds. The summed E-state index contributed by atoms with van der Waals surface area (Å²) in [6.45, 7) is 2.79. The molecule has 2 fully saturated rings. The SMILES string of the molecule is CC1CCC(N(C)CC(N)(C(=O)O)C2CC2)CC1. The monoisotopic (exact) mass is 254 g/mol. The smallest absolute Gasteiger partial charge is 0.325 e. The van der Waals surface area contributed by atoms with Gasteiger partial charge in [-0.25, -0.2) is 0 Å². The predicted octanol–water partition coefficient (Wildman–Crippen LogP) is 1.69. The number of aliphatic carboxylic acids is 1. The fourth-order valence-electron chi connectivity index (χ4n) is 3.19. The van der Waals surface area contributed by atoms with Crippen LogP contribution in [0.2, 0.25) is 0 Å². The zero-order valence-electron chi connectivity index (χ0n) is 11.6. The van der Waals surface area contributed by atoms with Gasteiger partial charge in [-0.2, -0.15) is 0 Å². The van der Waals surface area contributed by atoms with Gasteiger partial charge in [0.05, 0.1) is 0 Å². The van der Waals surface area contributed by atoms with Crippen molar-refractivity contribution in [3.63, 3.8) is 0 Å². The molecule has 2 rings (SSSR count). The summed E-state index contributed by atoms with van der Waals surface area (Å²) in [6.07, 6.45) is 6.80. The number of carbonyl (C=O) groups is 1. The molecule has 0 aromatic carbocycles. The normalized spacial score (nSPS) is 32.2. The van der Waals surface area contributed by atoms with Gasteiger partial charge in [-0.15, -0.1) is 0 Å². The second-order valence-electron chi connectivity index (χ2n) is 6.45. The van der Waals surface area contributed by atoms with Gasteiger partial charge in [0.1, 0.15) is 5.54 Å². The van der Waals surface area contributed by atoms with Crippen LogP contribution in [0, 0.1) is 11.8 Å². The molecule has 0 heterocycles. The van der Waals surface area contributed by atoms with Crippen LogP contribution in [0.25, 0.3) is 0 Å². The third kappa shape index (κ3) is 2.86. The molecule has 2 saturated carbocycles. The molecule has 0 aromatic rings. The molecule has 0 saturated heterocycles. The average Bonchev–Trinajstić information content (AvgIpc) is 3.13. The van der Waals surface area contributed by atoms with E-state index in [-0.39, 0.29) is 5.92 Å². The van der Waals surface area contributed by atoms with E-state index in [1.807, 2.05) is 7.05 Å². The molecule has 104 valence electrons. The number of nitrogens with zero attached hydrogens (tertiary/aromatic N) is 1. The van der Waals surface area contributed by atoms with Gasteiger partial charge < -0.3 is 15.7 Å². The first-order valence-electron chi connectivity index (χ1n) is 7.16. The van der Waals surface area contributed by atoms with Crippen molar-refractivity contribution >= 4 is 5.97 Å². The van der Waals surface area contributed by atoms with E-state index in [1.54, 1.807) is 0 Å². The fraction of sp³-hybridized carbons (Fsp3) is 0.929. The van der Waals surface area contributed by atoms with E-state index in [2.05, 4.69) is 11.8 Å². The van der Waals surface area contributed by atoms with Crippen LogP contribution >= 0.6 is 0 Å². The lowest BCUT2D eigenvalue weighted by Crippen LogP contribution is -2.58. The van der Waals surface area contributed by atoms with Crippen LogP contribution < -0.4 is 5.73 Å². The Bertz CT molecular complexity index is 309. The van der Waals surface area contributed by atoms with Gasteiger partial charge in [-0.1, -0.05) is 6.92 Å². The molecule has 4 nitrogen and oxygen atoms in total. The number of carboxylic acids is 1. The molecule has 18 heavy (non-hydrogen) atoms. The van der Waals surface area contributed by atoms with Crippen LogP contribution in [0.15, 0.2) is 0 Å². The molecule has 0 radical (unpaired) electrons. The van der Waals surface area contributed by atoms with Crippen molar-refractivity contribution in [2.75, 3.05) is 13.6 Å². The minimum Gasteiger partial charge on any atom is -0.480 e. The van der Waals surface area contributed by atoms with Crippen LogP contribution in [0.3, 0.4) is 0 Å². The minimum atomic E-state index is -1.03. The van der Waals surface area contributed by atoms with Crippen LogP contribution in [0.4, 0.5) is 0 Å². The van der Waals surface area contributed by atoms with E-state index < -0.39 is 11.5 Å². The molecule has 1 unspecified atom stereocenters. The minimum absolute atomic E-state index is 0.181. The zero-order valence-corrected chi connectivity index (χ0v) is 11.6. The Balaban J connectivity index is 1.92. The molecular formula is C14H26N2O2. The quantitative estimate of drug-likeness (QED) is 0.783. The highest BCUT2D eigenvalue weighted by molar-refractivity contribution is 5.79. The van der Waals surface area contributed by atoms with Crippen molar-refractivity contribution in [2.24, 2.45) is 17.6 Å². The molecule has 3 N–H and O–H groups in total. The zero-order chi connectivity index (χ0) is 13.3. The number of hydrogen-bond donors (Lipinski definition) is 2. The van der Waals surface area contributed by atoms with Crippen molar-refractivity contribution in [2.45, 2.75) is 57.0 Å². The van der Waals surface area contributed by atoms with E-state index in [1.165, 1.54) is 25.7 Å². The summed E-state index contributed by atoms with van der Waals surface area (Å²) in [5.41, 5.74) is 5.11. The van der Waals surface area contributed by atoms with Crippen LogP contribution in [-0.4, -0.2) is 41.1 Å². The van der Waals surface area contributed by atoms with Crippen molar-refractivity contribution in [1.29, 1.82) is 0 Å². The third-order valence-corrected chi connectivity index (χ3v) is 4.82. The second-order valence-corrected chi connectivity index (χ2v) is 6.45. The Hall–Kier alpha value is -0.610. The Morgan fingerprint density at radius 3 is 2.28 bits per heavy atom. The Morgan fingerprint density at radius 2 is 1.83 bits per heavy atom. The van der Waals surface area contributed by atoms with Crippen molar-refractivity contribution in [1.82, 2.24) is 4.90 Å². The maximum Gasteiger partial charge on any atom is 0.325 e. The van der Waals surface area contributed by atoms with Crippen LogP contribution in [-0.2, 0) is 4.79 Å². The lowest BCUT2D eigenvalue weighted by molar-refractivity contribution is -0.145. The first kappa shape index (κ1) is 13.8. The van der Waals surface area contributed by atoms with Crippen molar-refractivity contribution < 1.29 is 9.90 Å². The number of carboxylic acid groups (broad SMARTS) is 1. The highest BCUT2D eigenvalue weighted by atomic mass is 16.4. The van der Waals surface area contributed by atoms with Gasteiger partial charge in [0.15, 0.2) is 0 Å². The fourth-order valence-corrected chi connectivity index (χ4v) is 3.19. The van der Waals surface area contributed by atoms with Gasteiger partial charge in [0.25, 0.3) is 0 Å². The van der Waals surface area contributed by atoms with Crippen LogP contribution in [0.1, 0.15) is 45.4 Å². The first-order chi connectivity index (χ1) is 8.43. The van der Waals surface area contributed by atoms with Gasteiger partial charge in [-0.3, -0.25) is 4.79 Å². The van der Waals surface area contributed by atoms with E-state index in [9.17, 15) is 9.90 Å². The molecule has 4 heteroatoms. The van der Waals surface area contributed by atoms with Crippen molar-refractivity contribution in [3.8, 4) is 0 Å². The number of likely N-dealkylation sites (N-methyl/N-ethyl adjacent to an activating group) is 1. The summed E-state index contributed by atoms with van der Waals surface area (Å²) in [7, 11) is 2.04. The van der Waals surface area contributed by atoms with Gasteiger partial charge in [0, 0.05) is 12.6 Å². The highest BCUT2D eigenvalue weighted by Crippen LogP contribution is 2.39. The highest BCUT2D eigenvalue weighted by Gasteiger charge is 2.49. The van der Waals surface area contributed by atoms with Gasteiger partial charge in [0.2, 0.25) is 0 Å². The number of nitrogens with two attached hydrogens (primary N) is 1. The molecule has 0 bridgehead atoms. The maximum atomic E-state index is 11.4. The number of hydrogen-bond acceptors (Lipinski definition) is 3. The van der Waals surface area contributed by atoms with E-state index in [0.29, 0.717) is 12.6 Å². The molecule has 0 spiro atoms. The lowest BCUT2D eigenvalue weighted by Gasteiger charge is -2.38. The van der Waals surface area contributed by atoms with Crippen LogP contribution in [0.5, 0.6) is 0 Å². The Labute approximate surface area is 110 Å². The average molecular weight is 254 g/mol. The molecule has 1 atom stereocenters. The summed E-state index contributed by atoms with van der Waals surface area (Å²) in [5, 5.41) is 9.38. The summed E-state index contributed by atoms with van der Waals surface area (Å²) in [4.78, 5) is 13.6. The molecule has 0 aromatic heterocycles. The summed E-state index contributed by atoms with van der Waals surface area (Å²) >= 11 is 0. The number of rotatable bonds is 5. The third-order valence-electron chi connectivity index (χ3n) is 4.82. The van der Waals surface area contributed by atoms with E-state index in [0.717, 1.165) is 18.8 Å². The van der Waals surface area contributed by atoms with Crippen molar-refractivity contribution in [3.05, 3.63) is 0 Å². The lowest BCUT2D eigenvalue weighted by atomic mass is 9.85. The molecule has 0 aliphatic heterocycles. The van der Waals surface area contributed by atoms with Gasteiger partial charge >= 0.3 is 5.97 Å². The molecule has 2 aliphatic carbocycles. The maximum absolute atomic E-state index is 11.4. The summed E-state index contributed by atoms with van der Waals surface area (Å²) in [5.74, 6) is 0.168.